The highest BCUT2D eigenvalue weighted by Crippen LogP contribution is 2.33. The molecule has 1 heterocycles. The first-order chi connectivity index (χ1) is 10.3. The van der Waals surface area contributed by atoms with Crippen molar-refractivity contribution in [2.75, 3.05) is 0 Å². The maximum atomic E-state index is 11.3. The lowest BCUT2D eigenvalue weighted by Crippen LogP contribution is -2.14. The average Bonchev–Trinajstić information content (AvgIpc) is 2.93. The monoisotopic (exact) mass is 283 g/mol. The van der Waals surface area contributed by atoms with E-state index in [1.165, 1.54) is 30.4 Å². The van der Waals surface area contributed by atoms with E-state index in [1.807, 2.05) is 16.8 Å². The Morgan fingerprint density at radius 2 is 2.00 bits per heavy atom. The van der Waals surface area contributed by atoms with Crippen LogP contribution in [0.3, 0.4) is 0 Å². The predicted molar refractivity (Wildman–Crippen MR) is 81.5 cm³/mol. The molecule has 0 atom stereocenters. The third kappa shape index (κ3) is 2.89. The van der Waals surface area contributed by atoms with E-state index in [4.69, 9.17) is 0 Å². The summed E-state index contributed by atoms with van der Waals surface area (Å²) < 4.78 is 1.93. The van der Waals surface area contributed by atoms with Gasteiger partial charge in [-0.1, -0.05) is 48.7 Å². The first kappa shape index (κ1) is 14.0. The van der Waals surface area contributed by atoms with Crippen LogP contribution in [-0.4, -0.2) is 21.3 Å². The summed E-state index contributed by atoms with van der Waals surface area (Å²) in [7, 11) is 0. The van der Waals surface area contributed by atoms with Crippen LogP contribution in [0.1, 0.15) is 65.3 Å². The minimum atomic E-state index is 0.429. The molecule has 1 aliphatic rings. The molecule has 0 bridgehead atoms. The Morgan fingerprint density at radius 1 is 1.24 bits per heavy atom. The Bertz CT molecular complexity index is 627. The van der Waals surface area contributed by atoms with Crippen molar-refractivity contribution >= 4 is 6.29 Å². The van der Waals surface area contributed by atoms with Gasteiger partial charge < -0.3 is 0 Å². The molecule has 1 saturated carbocycles. The highest BCUT2D eigenvalue weighted by molar-refractivity contribution is 5.73. The second-order valence-electron chi connectivity index (χ2n) is 5.90. The number of nitrogens with zero attached hydrogens (tertiary/aromatic N) is 3. The Morgan fingerprint density at radius 3 is 2.71 bits per heavy atom. The van der Waals surface area contributed by atoms with E-state index in [0.717, 1.165) is 24.8 Å². The first-order valence-corrected chi connectivity index (χ1v) is 7.72. The van der Waals surface area contributed by atoms with Crippen molar-refractivity contribution in [1.82, 2.24) is 15.0 Å². The zero-order valence-corrected chi connectivity index (χ0v) is 12.5. The van der Waals surface area contributed by atoms with E-state index in [9.17, 15) is 4.79 Å². The standard InChI is InChI=1S/C17H21N3O/c1-13-7-5-6-10-15(13)11-20-17(16(12-21)18-19-20)14-8-3-2-4-9-14/h5-7,10,12,14H,2-4,8-9,11H2,1H3. The molecule has 4 nitrogen and oxygen atoms in total. The highest BCUT2D eigenvalue weighted by Gasteiger charge is 2.24. The van der Waals surface area contributed by atoms with Crippen molar-refractivity contribution < 1.29 is 4.79 Å². The lowest BCUT2D eigenvalue weighted by atomic mass is 9.86. The van der Waals surface area contributed by atoms with E-state index in [2.05, 4.69) is 29.4 Å². The van der Waals surface area contributed by atoms with Crippen LogP contribution in [0, 0.1) is 6.92 Å². The molecule has 0 N–H and O–H groups in total. The fourth-order valence-electron chi connectivity index (χ4n) is 3.28. The summed E-state index contributed by atoms with van der Waals surface area (Å²) in [5.74, 6) is 0.429. The van der Waals surface area contributed by atoms with Crippen LogP contribution < -0.4 is 0 Å². The number of aromatic nitrogens is 3. The van der Waals surface area contributed by atoms with Gasteiger partial charge in [-0.2, -0.15) is 0 Å². The Balaban J connectivity index is 1.93. The number of aryl methyl sites for hydroxylation is 1. The van der Waals surface area contributed by atoms with E-state index >= 15 is 0 Å². The number of rotatable bonds is 4. The summed E-state index contributed by atoms with van der Waals surface area (Å²) in [6, 6.07) is 8.30. The Labute approximate surface area is 125 Å². The van der Waals surface area contributed by atoms with Gasteiger partial charge in [0.05, 0.1) is 12.2 Å². The van der Waals surface area contributed by atoms with Crippen LogP contribution in [0.2, 0.25) is 0 Å². The third-order valence-corrected chi connectivity index (χ3v) is 4.49. The average molecular weight is 283 g/mol. The number of aldehydes is 1. The van der Waals surface area contributed by atoms with Crippen molar-refractivity contribution in [1.29, 1.82) is 0 Å². The smallest absolute Gasteiger partial charge is 0.172 e. The molecular formula is C17H21N3O. The fourth-order valence-corrected chi connectivity index (χ4v) is 3.28. The summed E-state index contributed by atoms with van der Waals surface area (Å²) in [4.78, 5) is 11.3. The van der Waals surface area contributed by atoms with Crippen LogP contribution in [0.5, 0.6) is 0 Å². The molecule has 0 aliphatic heterocycles. The summed E-state index contributed by atoms with van der Waals surface area (Å²) in [5.41, 5.74) is 4.04. The maximum absolute atomic E-state index is 11.3. The molecule has 1 aromatic heterocycles. The zero-order chi connectivity index (χ0) is 14.7. The third-order valence-electron chi connectivity index (χ3n) is 4.49. The quantitative estimate of drug-likeness (QED) is 0.807. The van der Waals surface area contributed by atoms with Gasteiger partial charge in [-0.15, -0.1) is 5.10 Å². The SMILES string of the molecule is Cc1ccccc1Cn1nnc(C=O)c1C1CCCCC1. The van der Waals surface area contributed by atoms with Gasteiger partial charge in [-0.05, 0) is 30.9 Å². The van der Waals surface area contributed by atoms with Gasteiger partial charge in [0.1, 0.15) is 5.69 Å². The first-order valence-electron chi connectivity index (χ1n) is 7.72. The van der Waals surface area contributed by atoms with Crippen LogP contribution in [0.25, 0.3) is 0 Å². The van der Waals surface area contributed by atoms with Crippen molar-refractivity contribution in [2.45, 2.75) is 51.5 Å². The zero-order valence-electron chi connectivity index (χ0n) is 12.5. The molecule has 4 heteroatoms. The number of carbonyl (C=O) groups excluding carboxylic acids is 1. The van der Waals surface area contributed by atoms with Gasteiger partial charge in [-0.3, -0.25) is 4.79 Å². The molecule has 0 amide bonds. The van der Waals surface area contributed by atoms with Crippen LogP contribution in [0.4, 0.5) is 0 Å². The molecule has 0 spiro atoms. The molecule has 110 valence electrons. The van der Waals surface area contributed by atoms with Crippen LogP contribution >= 0.6 is 0 Å². The summed E-state index contributed by atoms with van der Waals surface area (Å²) in [6.07, 6.45) is 6.90. The lowest BCUT2D eigenvalue weighted by molar-refractivity contribution is 0.111. The molecule has 21 heavy (non-hydrogen) atoms. The van der Waals surface area contributed by atoms with Gasteiger partial charge >= 0.3 is 0 Å². The predicted octanol–water partition coefficient (Wildman–Crippen LogP) is 3.50. The highest BCUT2D eigenvalue weighted by atomic mass is 16.1. The molecule has 1 fully saturated rings. The van der Waals surface area contributed by atoms with Gasteiger partial charge in [0.25, 0.3) is 0 Å². The van der Waals surface area contributed by atoms with Gasteiger partial charge in [0, 0.05) is 5.92 Å². The number of hydrogen-bond acceptors (Lipinski definition) is 3. The Hall–Kier alpha value is -1.97. The number of carbonyl (C=O) groups is 1. The normalized spacial score (nSPS) is 16.0. The van der Waals surface area contributed by atoms with E-state index in [0.29, 0.717) is 18.2 Å². The van der Waals surface area contributed by atoms with Gasteiger partial charge in [0.15, 0.2) is 6.29 Å². The van der Waals surface area contributed by atoms with Gasteiger partial charge in [0.2, 0.25) is 0 Å². The van der Waals surface area contributed by atoms with Gasteiger partial charge in [-0.25, -0.2) is 4.68 Å². The van der Waals surface area contributed by atoms with E-state index in [-0.39, 0.29) is 0 Å². The number of hydrogen-bond donors (Lipinski definition) is 0. The number of benzene rings is 1. The second-order valence-corrected chi connectivity index (χ2v) is 5.90. The second kappa shape index (κ2) is 6.20. The minimum absolute atomic E-state index is 0.429. The molecule has 0 unspecified atom stereocenters. The van der Waals surface area contributed by atoms with Crippen molar-refractivity contribution in [3.63, 3.8) is 0 Å². The topological polar surface area (TPSA) is 47.8 Å². The Kier molecular flexibility index (Phi) is 4.13. The van der Waals surface area contributed by atoms with Crippen molar-refractivity contribution in [2.24, 2.45) is 0 Å². The molecule has 1 aliphatic carbocycles. The van der Waals surface area contributed by atoms with E-state index < -0.39 is 0 Å². The minimum Gasteiger partial charge on any atom is -0.296 e. The summed E-state index contributed by atoms with van der Waals surface area (Å²) >= 11 is 0. The fraction of sp³-hybridized carbons (Fsp3) is 0.471. The van der Waals surface area contributed by atoms with Crippen molar-refractivity contribution in [3.05, 3.63) is 46.8 Å². The van der Waals surface area contributed by atoms with Crippen LogP contribution in [-0.2, 0) is 6.54 Å². The summed E-state index contributed by atoms with van der Waals surface area (Å²) in [6.45, 7) is 2.80. The molecule has 0 radical (unpaired) electrons. The van der Waals surface area contributed by atoms with Crippen LogP contribution in [0.15, 0.2) is 24.3 Å². The molecule has 1 aromatic carbocycles. The molecule has 0 saturated heterocycles. The summed E-state index contributed by atoms with van der Waals surface area (Å²) in [5, 5.41) is 8.31. The molecular weight excluding hydrogens is 262 g/mol. The largest absolute Gasteiger partial charge is 0.296 e. The van der Waals surface area contributed by atoms with Crippen molar-refractivity contribution in [3.8, 4) is 0 Å². The van der Waals surface area contributed by atoms with E-state index in [1.54, 1.807) is 0 Å². The maximum Gasteiger partial charge on any atom is 0.172 e. The lowest BCUT2D eigenvalue weighted by Gasteiger charge is -2.22. The molecule has 3 rings (SSSR count). The molecule has 2 aromatic rings.